The molecule has 3 rings (SSSR count). The molecular weight excluding hydrogens is 378 g/mol. The Bertz CT molecular complexity index is 1020. The number of allylic oxidation sites excluding steroid dienone is 2. The van der Waals surface area contributed by atoms with Gasteiger partial charge in [-0.15, -0.1) is 0 Å². The van der Waals surface area contributed by atoms with E-state index in [-0.39, 0.29) is 23.3 Å². The summed E-state index contributed by atoms with van der Waals surface area (Å²) in [5, 5.41) is 30.0. The van der Waals surface area contributed by atoms with Crippen molar-refractivity contribution in [1.82, 2.24) is 4.90 Å². The van der Waals surface area contributed by atoms with Crippen LogP contribution in [0.15, 0.2) is 41.1 Å². The number of nitriles is 3. The number of likely N-dealkylation sites (N-methyl/N-ethyl adjacent to an activating group) is 1. The van der Waals surface area contributed by atoms with Crippen molar-refractivity contribution in [2.75, 3.05) is 27.2 Å². The van der Waals surface area contributed by atoms with E-state index in [0.717, 1.165) is 11.1 Å². The van der Waals surface area contributed by atoms with Gasteiger partial charge in [0.25, 0.3) is 0 Å². The fourth-order valence-electron chi connectivity index (χ4n) is 4.43. The zero-order valence-corrected chi connectivity index (χ0v) is 17.6. The maximum absolute atomic E-state index is 10.1. The molecule has 2 aliphatic rings. The smallest absolute Gasteiger partial charge is 0.191 e. The van der Waals surface area contributed by atoms with Gasteiger partial charge in [0.15, 0.2) is 16.9 Å². The quantitative estimate of drug-likeness (QED) is 0.821. The summed E-state index contributed by atoms with van der Waals surface area (Å²) in [5.41, 5.74) is 6.50. The molecule has 0 aromatic heterocycles. The molecule has 154 valence electrons. The predicted octanol–water partition coefficient (Wildman–Crippen LogP) is 2.84. The zero-order valence-electron chi connectivity index (χ0n) is 17.6. The molecule has 7 heteroatoms. The Labute approximate surface area is 177 Å². The maximum atomic E-state index is 10.1. The van der Waals surface area contributed by atoms with Crippen LogP contribution in [0.1, 0.15) is 25.3 Å². The van der Waals surface area contributed by atoms with Crippen molar-refractivity contribution < 1.29 is 9.47 Å². The monoisotopic (exact) mass is 403 g/mol. The first-order valence-corrected chi connectivity index (χ1v) is 9.79. The van der Waals surface area contributed by atoms with Crippen LogP contribution in [0.5, 0.6) is 11.5 Å². The fourth-order valence-corrected chi connectivity index (χ4v) is 4.43. The summed E-state index contributed by atoms with van der Waals surface area (Å²) in [6.07, 6.45) is 1.94. The average molecular weight is 403 g/mol. The van der Waals surface area contributed by atoms with Gasteiger partial charge in [-0.05, 0) is 44.2 Å². The Kier molecular flexibility index (Phi) is 5.74. The molecule has 0 fully saturated rings. The minimum atomic E-state index is -1.66. The van der Waals surface area contributed by atoms with E-state index in [4.69, 9.17) is 15.2 Å². The molecule has 0 bridgehead atoms. The Balaban J connectivity index is 2.26. The van der Waals surface area contributed by atoms with Gasteiger partial charge >= 0.3 is 0 Å². The molecule has 1 aliphatic carbocycles. The Morgan fingerprint density at radius 1 is 1.20 bits per heavy atom. The van der Waals surface area contributed by atoms with Crippen molar-refractivity contribution in [3.05, 3.63) is 46.7 Å². The fraction of sp³-hybridized carbons (Fsp3) is 0.435. The summed E-state index contributed by atoms with van der Waals surface area (Å²) in [7, 11) is 3.52. The third-order valence-corrected chi connectivity index (χ3v) is 5.76. The lowest BCUT2D eigenvalue weighted by molar-refractivity contribution is 0.227. The number of nitrogens with two attached hydrogens (primary N) is 1. The highest BCUT2D eigenvalue weighted by molar-refractivity contribution is 5.60. The molecular formula is C23H25N5O2. The highest BCUT2D eigenvalue weighted by Gasteiger charge is 2.54. The molecule has 0 unspecified atom stereocenters. The molecule has 0 saturated heterocycles. The number of methoxy groups -OCH3 is 1. The molecule has 1 aromatic carbocycles. The number of hydrogen-bond donors (Lipinski definition) is 1. The van der Waals surface area contributed by atoms with Crippen LogP contribution in [0, 0.1) is 45.3 Å². The maximum Gasteiger partial charge on any atom is 0.191 e. The molecule has 7 nitrogen and oxygen atoms in total. The molecule has 1 heterocycles. The van der Waals surface area contributed by atoms with Gasteiger partial charge in [-0.1, -0.05) is 12.1 Å². The van der Waals surface area contributed by atoms with Gasteiger partial charge in [-0.3, -0.25) is 0 Å². The van der Waals surface area contributed by atoms with Crippen LogP contribution < -0.4 is 15.2 Å². The second-order valence-electron chi connectivity index (χ2n) is 7.97. The second-order valence-corrected chi connectivity index (χ2v) is 7.97. The minimum Gasteiger partial charge on any atom is -0.493 e. The van der Waals surface area contributed by atoms with Crippen LogP contribution in [-0.2, 0) is 0 Å². The van der Waals surface area contributed by atoms with Gasteiger partial charge in [-0.25, -0.2) is 0 Å². The zero-order chi connectivity index (χ0) is 22.1. The molecule has 0 saturated carbocycles. The number of benzene rings is 1. The van der Waals surface area contributed by atoms with E-state index in [1.807, 2.05) is 39.1 Å². The highest BCUT2D eigenvalue weighted by atomic mass is 16.5. The normalized spacial score (nSPS) is 22.9. The van der Waals surface area contributed by atoms with E-state index in [1.165, 1.54) is 0 Å². The van der Waals surface area contributed by atoms with Crippen molar-refractivity contribution in [2.45, 2.75) is 25.9 Å². The van der Waals surface area contributed by atoms with Gasteiger partial charge in [-0.2, -0.15) is 15.8 Å². The lowest BCUT2D eigenvalue weighted by Crippen LogP contribution is -2.47. The van der Waals surface area contributed by atoms with E-state index in [2.05, 4.69) is 23.1 Å². The summed E-state index contributed by atoms with van der Waals surface area (Å²) in [4.78, 5) is 2.10. The summed E-state index contributed by atoms with van der Waals surface area (Å²) in [6, 6.07) is 11.9. The van der Waals surface area contributed by atoms with Crippen LogP contribution in [0.4, 0.5) is 0 Å². The van der Waals surface area contributed by atoms with Crippen molar-refractivity contribution in [3.8, 4) is 29.7 Å². The lowest BCUT2D eigenvalue weighted by Gasteiger charge is -2.45. The van der Waals surface area contributed by atoms with Gasteiger partial charge in [0, 0.05) is 24.9 Å². The molecule has 1 aromatic rings. The van der Waals surface area contributed by atoms with Gasteiger partial charge in [0.2, 0.25) is 0 Å². The molecule has 1 aliphatic heterocycles. The van der Waals surface area contributed by atoms with Crippen LogP contribution in [0.3, 0.4) is 0 Å². The van der Waals surface area contributed by atoms with Crippen LogP contribution >= 0.6 is 0 Å². The van der Waals surface area contributed by atoms with Gasteiger partial charge in [0.1, 0.15) is 6.07 Å². The van der Waals surface area contributed by atoms with E-state index in [9.17, 15) is 15.8 Å². The number of ether oxygens (including phenoxy) is 2. The summed E-state index contributed by atoms with van der Waals surface area (Å²) >= 11 is 0. The molecule has 2 atom stereocenters. The standard InChI is InChI=1S/C23H25N5O2/c1-14(2)30-19-6-5-15(9-20(19)29-4)21-18-11-28(3)8-7-16(18)17(10-24)22(27)23(21,12-25)13-26/h5-7,9,14,18,21H,8,11,27H2,1-4H3/t18-,21-/m0/s1. The van der Waals surface area contributed by atoms with E-state index in [0.29, 0.717) is 24.6 Å². The van der Waals surface area contributed by atoms with Crippen molar-refractivity contribution in [2.24, 2.45) is 17.1 Å². The SMILES string of the molecule is COc1cc([C@H]2[C@H]3CN(C)CC=C3C(C#N)=C(N)C2(C#N)C#N)ccc1OC(C)C. The predicted molar refractivity (Wildman–Crippen MR) is 111 cm³/mol. The second kappa shape index (κ2) is 8.11. The average Bonchev–Trinajstić information content (AvgIpc) is 2.73. The summed E-state index contributed by atoms with van der Waals surface area (Å²) < 4.78 is 11.3. The Morgan fingerprint density at radius 2 is 1.90 bits per heavy atom. The van der Waals surface area contributed by atoms with Crippen LogP contribution in [-0.4, -0.2) is 38.3 Å². The number of hydrogen-bond acceptors (Lipinski definition) is 7. The van der Waals surface area contributed by atoms with E-state index in [1.54, 1.807) is 13.2 Å². The topological polar surface area (TPSA) is 119 Å². The Morgan fingerprint density at radius 3 is 2.47 bits per heavy atom. The van der Waals surface area contributed by atoms with Crippen LogP contribution in [0.25, 0.3) is 0 Å². The molecule has 0 radical (unpaired) electrons. The first-order chi connectivity index (χ1) is 14.3. The van der Waals surface area contributed by atoms with Crippen molar-refractivity contribution >= 4 is 0 Å². The van der Waals surface area contributed by atoms with Crippen LogP contribution in [0.2, 0.25) is 0 Å². The van der Waals surface area contributed by atoms with E-state index < -0.39 is 11.3 Å². The minimum absolute atomic E-state index is 0.0218. The number of rotatable bonds is 4. The first-order valence-electron chi connectivity index (χ1n) is 9.79. The highest BCUT2D eigenvalue weighted by Crippen LogP contribution is 2.54. The first kappa shape index (κ1) is 21.2. The summed E-state index contributed by atoms with van der Waals surface area (Å²) in [5.74, 6) is 0.325. The number of nitrogens with zero attached hydrogens (tertiary/aromatic N) is 4. The third-order valence-electron chi connectivity index (χ3n) is 5.76. The largest absolute Gasteiger partial charge is 0.493 e. The van der Waals surface area contributed by atoms with Crippen molar-refractivity contribution in [3.63, 3.8) is 0 Å². The molecule has 2 N–H and O–H groups in total. The van der Waals surface area contributed by atoms with Gasteiger partial charge in [0.05, 0.1) is 36.6 Å². The van der Waals surface area contributed by atoms with Crippen molar-refractivity contribution in [1.29, 1.82) is 15.8 Å². The van der Waals surface area contributed by atoms with Gasteiger partial charge < -0.3 is 20.1 Å². The molecule has 0 spiro atoms. The Hall–Kier alpha value is -3.47. The third kappa shape index (κ3) is 3.26. The van der Waals surface area contributed by atoms with E-state index >= 15 is 0 Å². The lowest BCUT2D eigenvalue weighted by atomic mass is 9.58. The molecule has 30 heavy (non-hydrogen) atoms. The molecule has 0 amide bonds. The summed E-state index contributed by atoms with van der Waals surface area (Å²) in [6.45, 7) is 5.13. The number of fused-ring (bicyclic) bond motifs is 1.